The van der Waals surface area contributed by atoms with Gasteiger partial charge in [0, 0.05) is 37.6 Å². The van der Waals surface area contributed by atoms with E-state index < -0.39 is 0 Å². The number of aromatic nitrogens is 2. The summed E-state index contributed by atoms with van der Waals surface area (Å²) in [4.78, 5) is 10.9. The molecule has 0 atom stereocenters. The maximum absolute atomic E-state index is 5.46. The van der Waals surface area contributed by atoms with Gasteiger partial charge in [-0.2, -0.15) is 0 Å². The van der Waals surface area contributed by atoms with Crippen molar-refractivity contribution in [1.29, 1.82) is 0 Å². The normalized spacial score (nSPS) is 14.3. The molecule has 0 saturated carbocycles. The van der Waals surface area contributed by atoms with Crippen molar-refractivity contribution in [2.45, 2.75) is 130 Å². The van der Waals surface area contributed by atoms with Crippen LogP contribution in [0.4, 0.5) is 0 Å². The highest BCUT2D eigenvalue weighted by atomic mass is 32.3. The Bertz CT molecular complexity index is 3540. The van der Waals surface area contributed by atoms with E-state index in [0.29, 0.717) is 0 Å². The van der Waals surface area contributed by atoms with E-state index in [-0.39, 0.29) is 0 Å². The fraction of sp³-hybridized carbons (Fsp3) is 0.400. The van der Waals surface area contributed by atoms with Crippen molar-refractivity contribution in [3.05, 3.63) is 116 Å². The quantitative estimate of drug-likeness (QED) is 0.0545. The van der Waals surface area contributed by atoms with Gasteiger partial charge in [0.25, 0.3) is 0 Å². The minimum absolute atomic E-state index is 1.09. The molecule has 0 N–H and O–H groups in total. The van der Waals surface area contributed by atoms with E-state index in [1.54, 1.807) is 0 Å². The van der Waals surface area contributed by atoms with Crippen molar-refractivity contribution in [2.75, 3.05) is 23.0 Å². The minimum Gasteiger partial charge on any atom is -0.246 e. The van der Waals surface area contributed by atoms with Crippen LogP contribution in [0.25, 0.3) is 68.1 Å². The number of nitrogens with zero attached hydrogens (tertiary/aromatic N) is 2. The van der Waals surface area contributed by atoms with Crippen molar-refractivity contribution < 1.29 is 0 Å². The van der Waals surface area contributed by atoms with Crippen LogP contribution in [0.15, 0.2) is 89.7 Å². The second kappa shape index (κ2) is 29.5. The average molecular weight is 1330 g/mol. The van der Waals surface area contributed by atoms with Gasteiger partial charge in [-0.05, 0) is 121 Å². The standard InChI is InChI=1S/C60H64N2S16/c1-5-9-13-17-29-63-53-54(64-30-18-14-10-6-2)76-59(75-53)57-71-49-41-33-37-21-25-45(67-37)47-27-23-39(69-47)35-43-51-52(44(62-43)36-40-24-28-48(70-40)46-26-22-38(68-46)34-42(61-41)50(49)72-57)74-58(73-51)60-77-55(65-31-19-15-11-7-3)56(78-60)66-32-20-16-12-8-4/h21-28,33-36H,5-20,29-32H2,1-4H3. The van der Waals surface area contributed by atoms with Gasteiger partial charge in [-0.1, -0.05) is 152 Å². The Morgan fingerprint density at radius 2 is 0.564 bits per heavy atom. The highest BCUT2D eigenvalue weighted by Gasteiger charge is 2.26. The van der Waals surface area contributed by atoms with Gasteiger partial charge < -0.3 is 0 Å². The van der Waals surface area contributed by atoms with Gasteiger partial charge in [-0.3, -0.25) is 0 Å². The first-order valence-corrected chi connectivity index (χ1v) is 41.3. The number of thiophene rings is 4. The molecule has 5 aromatic heterocycles. The Balaban J connectivity index is 0.990. The number of thioether (sulfide) groups is 8. The molecule has 410 valence electrons. The summed E-state index contributed by atoms with van der Waals surface area (Å²) >= 11 is 31.9. The highest BCUT2D eigenvalue weighted by molar-refractivity contribution is 8.46. The third-order valence-corrected chi connectivity index (χ3v) is 35.3. The largest absolute Gasteiger partial charge is 0.246 e. The van der Waals surface area contributed by atoms with Gasteiger partial charge in [0.05, 0.1) is 65.6 Å². The number of hydrogen-bond donors (Lipinski definition) is 0. The van der Waals surface area contributed by atoms with Crippen LogP contribution < -0.4 is 7.69 Å². The first kappa shape index (κ1) is 59.2. The monoisotopic (exact) mass is 1320 g/mol. The minimum atomic E-state index is 1.09. The lowest BCUT2D eigenvalue weighted by atomic mass is 10.2. The van der Waals surface area contributed by atoms with Crippen molar-refractivity contribution in [2.24, 2.45) is 0 Å². The van der Waals surface area contributed by atoms with E-state index in [1.807, 2.05) is 138 Å². The van der Waals surface area contributed by atoms with Crippen LogP contribution in [-0.4, -0.2) is 33.0 Å². The molecule has 11 heterocycles. The first-order chi connectivity index (χ1) is 38.4. The van der Waals surface area contributed by atoms with Crippen LogP contribution in [0.5, 0.6) is 0 Å². The third kappa shape index (κ3) is 14.9. The molecule has 5 aromatic rings. The van der Waals surface area contributed by atoms with E-state index >= 15 is 0 Å². The molecule has 0 spiro atoms. The van der Waals surface area contributed by atoms with Crippen LogP contribution in [0, 0.1) is 18.1 Å². The smallest absolute Gasteiger partial charge is 0.101 e. The SMILES string of the molecule is CCCCCCSC1=C(SCCCCCC)SC(=c2sc3c4cc5ccc(s5)c5ccc(cc6nc(cc7ccc(s7)c7ccc(cc(n4)c=3s2)s7)c2sc(=C3SC(SCCCCCC)=C(SCCCCCC)S3)sc6=2)s5)S1. The molecule has 0 aromatic carbocycles. The topological polar surface area (TPSA) is 25.8 Å². The molecule has 0 aliphatic carbocycles. The Hall–Kier alpha value is -0.520. The molecule has 78 heavy (non-hydrogen) atoms. The average Bonchev–Trinajstić information content (AvgIpc) is 4.39. The molecule has 2 nitrogen and oxygen atoms in total. The maximum atomic E-state index is 5.46. The van der Waals surface area contributed by atoms with E-state index in [2.05, 4.69) is 148 Å². The third-order valence-electron chi connectivity index (χ3n) is 13.0. The van der Waals surface area contributed by atoms with Crippen LogP contribution in [0.1, 0.15) is 130 Å². The molecule has 12 bridgehead atoms. The number of unbranched alkanes of at least 4 members (excludes halogenated alkanes) is 12. The Labute approximate surface area is 525 Å². The van der Waals surface area contributed by atoms with Crippen molar-refractivity contribution >= 4 is 253 Å². The molecule has 0 amide bonds. The van der Waals surface area contributed by atoms with E-state index in [9.17, 15) is 0 Å². The molecule has 0 fully saturated rings. The van der Waals surface area contributed by atoms with Gasteiger partial charge >= 0.3 is 0 Å². The second-order valence-electron chi connectivity index (χ2n) is 19.2. The zero-order valence-electron chi connectivity index (χ0n) is 44.5. The Kier molecular flexibility index (Phi) is 22.4. The van der Waals surface area contributed by atoms with Gasteiger partial charge in [0.2, 0.25) is 0 Å². The van der Waals surface area contributed by atoms with Gasteiger partial charge in [0.15, 0.2) is 0 Å². The van der Waals surface area contributed by atoms with E-state index in [4.69, 9.17) is 9.97 Å². The lowest BCUT2D eigenvalue weighted by Gasteiger charge is -2.05. The Morgan fingerprint density at radius 1 is 0.308 bits per heavy atom. The summed E-state index contributed by atoms with van der Waals surface area (Å²) in [6.45, 7) is 9.24. The van der Waals surface area contributed by atoms with Crippen molar-refractivity contribution in [3.63, 3.8) is 0 Å². The predicted molar refractivity (Wildman–Crippen MR) is 382 cm³/mol. The number of fused-ring (bicyclic) bond motifs is 18. The molecule has 18 heteroatoms. The molecule has 0 saturated heterocycles. The fourth-order valence-electron chi connectivity index (χ4n) is 8.92. The molecule has 0 radical (unpaired) electrons. The number of hydrogen-bond acceptors (Lipinski definition) is 18. The molecule has 11 rings (SSSR count). The highest BCUT2D eigenvalue weighted by Crippen LogP contribution is 2.59. The van der Waals surface area contributed by atoms with E-state index in [0.717, 1.165) is 22.1 Å². The van der Waals surface area contributed by atoms with Crippen LogP contribution in [-0.2, 0) is 0 Å². The van der Waals surface area contributed by atoms with Crippen molar-refractivity contribution in [1.82, 2.24) is 9.97 Å². The molecular weight excluding hydrogens is 1260 g/mol. The van der Waals surface area contributed by atoms with Crippen molar-refractivity contribution in [3.8, 4) is 0 Å². The molecule has 0 unspecified atom stereocenters. The number of rotatable bonds is 24. The van der Waals surface area contributed by atoms with Crippen LogP contribution >= 0.6 is 185 Å². The summed E-state index contributed by atoms with van der Waals surface area (Å²) in [5, 5.41) is 0. The summed E-state index contributed by atoms with van der Waals surface area (Å²) in [7, 11) is 0. The summed E-state index contributed by atoms with van der Waals surface area (Å²) in [5.41, 5.74) is 4.35. The zero-order chi connectivity index (χ0) is 53.2. The lowest BCUT2D eigenvalue weighted by Crippen LogP contribution is -1.87. The summed E-state index contributed by atoms with van der Waals surface area (Å²) in [6.07, 6.45) is 21.0. The summed E-state index contributed by atoms with van der Waals surface area (Å²) in [6, 6.07) is 27.9. The van der Waals surface area contributed by atoms with Crippen LogP contribution in [0.3, 0.4) is 0 Å². The zero-order valence-corrected chi connectivity index (χ0v) is 57.6. The molecular formula is C60H64N2S16. The summed E-state index contributed by atoms with van der Waals surface area (Å²) < 4.78 is 27.2. The predicted octanol–water partition coefficient (Wildman–Crippen LogP) is 24.7. The van der Waals surface area contributed by atoms with Gasteiger partial charge in [0.1, 0.15) is 7.69 Å². The maximum Gasteiger partial charge on any atom is 0.101 e. The fourth-order valence-corrected chi connectivity index (χ4v) is 30.7. The summed E-state index contributed by atoms with van der Waals surface area (Å²) in [5.74, 6) is 4.84. The Morgan fingerprint density at radius 3 is 0.808 bits per heavy atom. The lowest BCUT2D eigenvalue weighted by molar-refractivity contribution is 0.707. The van der Waals surface area contributed by atoms with Gasteiger partial charge in [-0.25, -0.2) is 9.97 Å². The molecule has 6 aliphatic rings. The first-order valence-electron chi connectivity index (χ1n) is 27.5. The van der Waals surface area contributed by atoms with E-state index in [1.165, 1.54) is 215 Å². The second-order valence-corrected chi connectivity index (χ2v) is 38.3. The van der Waals surface area contributed by atoms with Crippen LogP contribution in [0.2, 0.25) is 0 Å². The van der Waals surface area contributed by atoms with Gasteiger partial charge in [-0.15, -0.1) is 138 Å². The molecule has 6 aliphatic heterocycles.